The molecule has 0 bridgehead atoms. The maximum Gasteiger partial charge on any atom is 0.303 e. The topological polar surface area (TPSA) is 92.4 Å². The number of nitrogens with one attached hydrogen (secondary N) is 1. The first-order valence-corrected chi connectivity index (χ1v) is 7.23. The van der Waals surface area contributed by atoms with Gasteiger partial charge in [0.25, 0.3) is 0 Å². The smallest absolute Gasteiger partial charge is 0.303 e. The maximum atomic E-state index is 10.6. The third-order valence-electron chi connectivity index (χ3n) is 3.69. The lowest BCUT2D eigenvalue weighted by molar-refractivity contribution is -0.137. The second-order valence-corrected chi connectivity index (χ2v) is 5.14. The number of fused-ring (bicyclic) bond motifs is 1. The summed E-state index contributed by atoms with van der Waals surface area (Å²) < 4.78 is 1.89. The van der Waals surface area contributed by atoms with Gasteiger partial charge in [-0.2, -0.15) is 0 Å². The summed E-state index contributed by atoms with van der Waals surface area (Å²) in [4.78, 5) is 14.9. The number of carboxylic acids is 1. The molecule has 0 aliphatic carbocycles. The molecule has 2 rings (SSSR count). The molecule has 2 aromatic heterocycles. The van der Waals surface area contributed by atoms with E-state index in [1.165, 1.54) is 0 Å². The van der Waals surface area contributed by atoms with Crippen LogP contribution in [-0.4, -0.2) is 37.2 Å². The van der Waals surface area contributed by atoms with Crippen LogP contribution >= 0.6 is 0 Å². The minimum atomic E-state index is -0.730. The lowest BCUT2D eigenvalue weighted by atomic mass is 9.97. The van der Waals surface area contributed by atoms with Crippen LogP contribution in [0.4, 0.5) is 5.82 Å². The summed E-state index contributed by atoms with van der Waals surface area (Å²) in [5, 5.41) is 20.1. The molecule has 21 heavy (non-hydrogen) atoms. The zero-order valence-corrected chi connectivity index (χ0v) is 12.4. The fourth-order valence-electron chi connectivity index (χ4n) is 2.34. The molecule has 2 heterocycles. The zero-order chi connectivity index (χ0) is 15.2. The molecule has 0 amide bonds. The van der Waals surface area contributed by atoms with Crippen molar-refractivity contribution in [1.82, 2.24) is 19.6 Å². The first-order valence-electron chi connectivity index (χ1n) is 7.23. The van der Waals surface area contributed by atoms with Crippen LogP contribution in [-0.2, 0) is 4.79 Å². The molecule has 0 fully saturated rings. The van der Waals surface area contributed by atoms with E-state index in [9.17, 15) is 4.79 Å². The molecule has 0 aliphatic rings. The van der Waals surface area contributed by atoms with E-state index >= 15 is 0 Å². The average molecular weight is 291 g/mol. The van der Waals surface area contributed by atoms with Gasteiger partial charge in [0.15, 0.2) is 5.82 Å². The van der Waals surface area contributed by atoms with E-state index in [2.05, 4.69) is 27.4 Å². The SMILES string of the molecule is CCC(CCNc1nccn2c(C)nnc12)CCC(=O)O. The molecular formula is C14H21N5O2. The van der Waals surface area contributed by atoms with Crippen LogP contribution in [0.3, 0.4) is 0 Å². The molecule has 2 N–H and O–H groups in total. The Morgan fingerprint density at radius 1 is 1.43 bits per heavy atom. The van der Waals surface area contributed by atoms with Crippen LogP contribution in [0, 0.1) is 12.8 Å². The van der Waals surface area contributed by atoms with Gasteiger partial charge in [-0.05, 0) is 25.7 Å². The highest BCUT2D eigenvalue weighted by atomic mass is 16.4. The van der Waals surface area contributed by atoms with E-state index in [-0.39, 0.29) is 6.42 Å². The van der Waals surface area contributed by atoms with Crippen molar-refractivity contribution < 1.29 is 9.90 Å². The summed E-state index contributed by atoms with van der Waals surface area (Å²) in [6, 6.07) is 0. The van der Waals surface area contributed by atoms with Crippen molar-refractivity contribution >= 4 is 17.4 Å². The highest BCUT2D eigenvalue weighted by Gasteiger charge is 2.10. The molecule has 114 valence electrons. The molecule has 0 saturated heterocycles. The summed E-state index contributed by atoms with van der Waals surface area (Å²) >= 11 is 0. The van der Waals surface area contributed by atoms with Crippen molar-refractivity contribution in [1.29, 1.82) is 0 Å². The number of aromatic nitrogens is 4. The highest BCUT2D eigenvalue weighted by Crippen LogP contribution is 2.17. The highest BCUT2D eigenvalue weighted by molar-refractivity contribution is 5.66. The van der Waals surface area contributed by atoms with Crippen LogP contribution in [0.15, 0.2) is 12.4 Å². The van der Waals surface area contributed by atoms with Gasteiger partial charge in [0.2, 0.25) is 5.65 Å². The molecule has 0 spiro atoms. The first kappa shape index (κ1) is 15.2. The van der Waals surface area contributed by atoms with Gasteiger partial charge in [-0.15, -0.1) is 10.2 Å². The standard InChI is InChI=1S/C14H21N5O2/c1-3-11(4-5-12(20)21)6-7-15-13-14-18-17-10(2)19(14)9-8-16-13/h8-9,11H,3-7H2,1-2H3,(H,15,16)(H,20,21). The number of anilines is 1. The Bertz CT molecular complexity index is 610. The summed E-state index contributed by atoms with van der Waals surface area (Å²) in [6.07, 6.45) is 6.39. The van der Waals surface area contributed by atoms with Gasteiger partial charge < -0.3 is 10.4 Å². The number of hydrogen-bond donors (Lipinski definition) is 2. The normalized spacial score (nSPS) is 12.5. The van der Waals surface area contributed by atoms with Crippen molar-refractivity contribution in [3.63, 3.8) is 0 Å². The van der Waals surface area contributed by atoms with E-state index in [4.69, 9.17) is 5.11 Å². The van der Waals surface area contributed by atoms with Gasteiger partial charge in [-0.3, -0.25) is 9.20 Å². The lowest BCUT2D eigenvalue weighted by Crippen LogP contribution is -2.11. The number of rotatable bonds is 8. The number of hydrogen-bond acceptors (Lipinski definition) is 5. The Labute approximate surface area is 123 Å². The molecule has 0 aromatic carbocycles. The summed E-state index contributed by atoms with van der Waals surface area (Å²) in [5.74, 6) is 1.22. The minimum Gasteiger partial charge on any atom is -0.481 e. The second kappa shape index (κ2) is 7.01. The molecular weight excluding hydrogens is 270 g/mol. The van der Waals surface area contributed by atoms with Crippen molar-refractivity contribution in [2.75, 3.05) is 11.9 Å². The van der Waals surface area contributed by atoms with Crippen molar-refractivity contribution in [2.45, 2.75) is 39.5 Å². The monoisotopic (exact) mass is 291 g/mol. The minimum absolute atomic E-state index is 0.232. The number of nitrogens with zero attached hydrogens (tertiary/aromatic N) is 4. The van der Waals surface area contributed by atoms with E-state index in [1.54, 1.807) is 6.20 Å². The van der Waals surface area contributed by atoms with E-state index in [1.807, 2.05) is 17.5 Å². The Morgan fingerprint density at radius 3 is 2.95 bits per heavy atom. The second-order valence-electron chi connectivity index (χ2n) is 5.14. The Balaban J connectivity index is 1.91. The number of aliphatic carboxylic acids is 1. The average Bonchev–Trinajstić information content (AvgIpc) is 2.85. The van der Waals surface area contributed by atoms with Gasteiger partial charge in [-0.25, -0.2) is 4.98 Å². The van der Waals surface area contributed by atoms with Crippen molar-refractivity contribution in [3.8, 4) is 0 Å². The third kappa shape index (κ3) is 3.90. The first-order chi connectivity index (χ1) is 10.1. The predicted molar refractivity (Wildman–Crippen MR) is 79.3 cm³/mol. The summed E-state index contributed by atoms with van der Waals surface area (Å²) in [7, 11) is 0. The van der Waals surface area contributed by atoms with Crippen LogP contribution in [0.1, 0.15) is 38.4 Å². The summed E-state index contributed by atoms with van der Waals surface area (Å²) in [6.45, 7) is 4.73. The van der Waals surface area contributed by atoms with E-state index in [0.29, 0.717) is 17.4 Å². The molecule has 2 aromatic rings. The maximum absolute atomic E-state index is 10.6. The van der Waals surface area contributed by atoms with Crippen LogP contribution in [0.5, 0.6) is 0 Å². The van der Waals surface area contributed by atoms with Gasteiger partial charge in [-0.1, -0.05) is 13.3 Å². The number of carboxylic acid groups (broad SMARTS) is 1. The van der Waals surface area contributed by atoms with Gasteiger partial charge in [0.1, 0.15) is 5.82 Å². The number of carbonyl (C=O) groups is 1. The van der Waals surface area contributed by atoms with Crippen molar-refractivity contribution in [3.05, 3.63) is 18.2 Å². The quantitative estimate of drug-likeness (QED) is 0.774. The van der Waals surface area contributed by atoms with Crippen LogP contribution in [0.25, 0.3) is 5.65 Å². The molecule has 0 saturated carbocycles. The van der Waals surface area contributed by atoms with Gasteiger partial charge in [0.05, 0.1) is 0 Å². The van der Waals surface area contributed by atoms with Gasteiger partial charge >= 0.3 is 5.97 Å². The van der Waals surface area contributed by atoms with Crippen LogP contribution < -0.4 is 5.32 Å². The number of aryl methyl sites for hydroxylation is 1. The Kier molecular flexibility index (Phi) is 5.08. The largest absolute Gasteiger partial charge is 0.481 e. The molecule has 1 atom stereocenters. The molecule has 7 nitrogen and oxygen atoms in total. The zero-order valence-electron chi connectivity index (χ0n) is 12.4. The van der Waals surface area contributed by atoms with Crippen molar-refractivity contribution in [2.24, 2.45) is 5.92 Å². The van der Waals surface area contributed by atoms with Gasteiger partial charge in [0, 0.05) is 25.4 Å². The molecule has 1 unspecified atom stereocenters. The lowest BCUT2D eigenvalue weighted by Gasteiger charge is -2.14. The summed E-state index contributed by atoms with van der Waals surface area (Å²) in [5.41, 5.74) is 0.716. The third-order valence-corrected chi connectivity index (χ3v) is 3.69. The molecule has 7 heteroatoms. The Morgan fingerprint density at radius 2 is 2.24 bits per heavy atom. The van der Waals surface area contributed by atoms with E-state index in [0.717, 1.165) is 31.6 Å². The van der Waals surface area contributed by atoms with Crippen LogP contribution in [0.2, 0.25) is 0 Å². The fraction of sp³-hybridized carbons (Fsp3) is 0.571. The predicted octanol–water partition coefficient (Wildman–Crippen LogP) is 2.13. The Hall–Kier alpha value is -2.18. The fourth-order valence-corrected chi connectivity index (χ4v) is 2.34. The van der Waals surface area contributed by atoms with E-state index < -0.39 is 5.97 Å². The molecule has 0 aliphatic heterocycles. The molecule has 0 radical (unpaired) electrons.